The van der Waals surface area contributed by atoms with Crippen LogP contribution >= 0.6 is 0 Å². The van der Waals surface area contributed by atoms with Crippen molar-refractivity contribution in [2.75, 3.05) is 61.0 Å². The lowest BCUT2D eigenvalue weighted by atomic mass is 9.88. The number of hydrogen-bond acceptors (Lipinski definition) is 9. The van der Waals surface area contributed by atoms with E-state index in [9.17, 15) is 13.2 Å². The van der Waals surface area contributed by atoms with Crippen molar-refractivity contribution < 1.29 is 17.9 Å². The molecule has 4 aliphatic rings. The van der Waals surface area contributed by atoms with E-state index in [1.54, 1.807) is 0 Å². The highest BCUT2D eigenvalue weighted by atomic mass is 32.2. The molecule has 11 heteroatoms. The molecule has 1 unspecified atom stereocenters. The van der Waals surface area contributed by atoms with Gasteiger partial charge in [0.1, 0.15) is 29.8 Å². The Morgan fingerprint density at radius 3 is 2.66 bits per heavy atom. The van der Waals surface area contributed by atoms with Gasteiger partial charge in [-0.2, -0.15) is 0 Å². The summed E-state index contributed by atoms with van der Waals surface area (Å²) in [5, 5.41) is 3.52. The van der Waals surface area contributed by atoms with Crippen LogP contribution < -0.4 is 15.0 Å². The highest BCUT2D eigenvalue weighted by Crippen LogP contribution is 2.45. The summed E-state index contributed by atoms with van der Waals surface area (Å²) in [6.45, 7) is 12.0. The molecule has 3 fully saturated rings. The second-order valence-corrected chi connectivity index (χ2v) is 13.1. The highest BCUT2D eigenvalue weighted by molar-refractivity contribution is 7.91. The minimum Gasteiger partial charge on any atom is -0.483 e. The summed E-state index contributed by atoms with van der Waals surface area (Å²) in [7, 11) is -3.00. The molecule has 38 heavy (non-hydrogen) atoms. The number of carbonyl (C=O) groups excluding carboxylic acids is 1. The number of sulfone groups is 1. The number of aryl methyl sites for hydroxylation is 1. The molecule has 202 valence electrons. The van der Waals surface area contributed by atoms with Gasteiger partial charge in [-0.1, -0.05) is 12.6 Å². The quantitative estimate of drug-likeness (QED) is 0.587. The van der Waals surface area contributed by atoms with E-state index < -0.39 is 9.84 Å². The smallest absolute Gasteiger partial charge is 0.246 e. The second-order valence-electron chi connectivity index (χ2n) is 10.8. The summed E-state index contributed by atoms with van der Waals surface area (Å²) in [5.41, 5.74) is 4.06. The van der Waals surface area contributed by atoms with Crippen molar-refractivity contribution in [1.29, 1.82) is 0 Å². The molecule has 0 aliphatic carbocycles. The van der Waals surface area contributed by atoms with Gasteiger partial charge in [-0.3, -0.25) is 9.69 Å². The van der Waals surface area contributed by atoms with Gasteiger partial charge in [0.25, 0.3) is 0 Å². The van der Waals surface area contributed by atoms with E-state index in [2.05, 4.69) is 45.8 Å². The molecular formula is C27H34N6O4S. The van der Waals surface area contributed by atoms with Crippen molar-refractivity contribution in [1.82, 2.24) is 19.8 Å². The van der Waals surface area contributed by atoms with E-state index >= 15 is 0 Å². The number of hydrogen-bond donors (Lipinski definition) is 1. The van der Waals surface area contributed by atoms with Gasteiger partial charge in [-0.05, 0) is 43.5 Å². The summed E-state index contributed by atoms with van der Waals surface area (Å²) < 4.78 is 30.4. The number of carbonyl (C=O) groups is 1. The van der Waals surface area contributed by atoms with E-state index in [-0.39, 0.29) is 23.5 Å². The SMILES string of the molecule is C=CC(=O)N1CCC(N2CC(c3cc(C)c4c(c3)Nc3ncnc(N5CCS(=O)(=O)CC5)c3[C@@H](C)O4)C2)C1. The number of benzene rings is 1. The number of anilines is 3. The molecule has 3 saturated heterocycles. The zero-order chi connectivity index (χ0) is 26.6. The first-order valence-corrected chi connectivity index (χ1v) is 15.1. The Bertz CT molecular complexity index is 1380. The van der Waals surface area contributed by atoms with E-state index in [1.165, 1.54) is 18.0 Å². The number of rotatable bonds is 4. The van der Waals surface area contributed by atoms with Crippen molar-refractivity contribution in [2.24, 2.45) is 0 Å². The fourth-order valence-corrected chi connectivity index (χ4v) is 7.28. The number of ether oxygens (including phenoxy) is 1. The molecular weight excluding hydrogens is 504 g/mol. The summed E-state index contributed by atoms with van der Waals surface area (Å²) >= 11 is 0. The molecule has 1 amide bonds. The number of fused-ring (bicyclic) bond motifs is 2. The molecule has 1 N–H and O–H groups in total. The van der Waals surface area contributed by atoms with Crippen LogP contribution in [0.2, 0.25) is 0 Å². The largest absolute Gasteiger partial charge is 0.483 e. The molecule has 10 nitrogen and oxygen atoms in total. The Labute approximate surface area is 223 Å². The maximum atomic E-state index is 12.0. The summed E-state index contributed by atoms with van der Waals surface area (Å²) in [6, 6.07) is 4.80. The Kier molecular flexibility index (Phi) is 6.30. The van der Waals surface area contributed by atoms with Crippen molar-refractivity contribution in [3.8, 4) is 5.75 Å². The van der Waals surface area contributed by atoms with Crippen molar-refractivity contribution >= 4 is 33.1 Å². The monoisotopic (exact) mass is 538 g/mol. The predicted octanol–water partition coefficient (Wildman–Crippen LogP) is 2.40. The van der Waals surface area contributed by atoms with Gasteiger partial charge in [0.15, 0.2) is 9.84 Å². The molecule has 1 aromatic carbocycles. The lowest BCUT2D eigenvalue weighted by molar-refractivity contribution is -0.125. The molecule has 6 rings (SSSR count). The number of likely N-dealkylation sites (tertiary alicyclic amines) is 2. The van der Waals surface area contributed by atoms with Crippen LogP contribution in [0, 0.1) is 6.92 Å². The van der Waals surface area contributed by atoms with Crippen LogP contribution in [0.4, 0.5) is 17.3 Å². The maximum absolute atomic E-state index is 12.0. The van der Waals surface area contributed by atoms with Gasteiger partial charge in [0.05, 0.1) is 22.8 Å². The lowest BCUT2D eigenvalue weighted by Crippen LogP contribution is -2.51. The Hall–Kier alpha value is -3.18. The Morgan fingerprint density at radius 1 is 1.16 bits per heavy atom. The number of nitrogens with zero attached hydrogens (tertiary/aromatic N) is 5. The minimum absolute atomic E-state index is 0.0174. The zero-order valence-corrected chi connectivity index (χ0v) is 22.7. The van der Waals surface area contributed by atoms with Crippen LogP contribution in [0.15, 0.2) is 31.1 Å². The van der Waals surface area contributed by atoms with Gasteiger partial charge in [0.2, 0.25) is 5.91 Å². The average Bonchev–Trinajstić information content (AvgIpc) is 3.28. The van der Waals surface area contributed by atoms with Crippen LogP contribution in [0.5, 0.6) is 5.75 Å². The standard InChI is InChI=1S/C27H34N6O4S/c1-4-23(34)32-6-5-21(15-32)33-13-20(14-33)19-11-17(2)25-22(12-19)30-26-24(18(3)37-25)27(29-16-28-26)31-7-9-38(35,36)10-8-31/h4,11-12,16,18,20-21H,1,5-10,13-15H2,2-3H3,(H,28,29,30)/t18-,21?/m1/s1. The van der Waals surface area contributed by atoms with Crippen LogP contribution in [0.25, 0.3) is 0 Å². The predicted molar refractivity (Wildman–Crippen MR) is 146 cm³/mol. The number of amides is 1. The lowest BCUT2D eigenvalue weighted by Gasteiger charge is -2.43. The minimum atomic E-state index is -3.00. The first-order valence-electron chi connectivity index (χ1n) is 13.3. The van der Waals surface area contributed by atoms with Gasteiger partial charge >= 0.3 is 0 Å². The molecule has 0 bridgehead atoms. The highest BCUT2D eigenvalue weighted by Gasteiger charge is 2.38. The summed E-state index contributed by atoms with van der Waals surface area (Å²) in [5.74, 6) is 2.91. The molecule has 0 saturated carbocycles. The molecule has 0 spiro atoms. The number of aromatic nitrogens is 2. The molecule has 1 aromatic heterocycles. The van der Waals surface area contributed by atoms with Crippen LogP contribution in [0.3, 0.4) is 0 Å². The Morgan fingerprint density at radius 2 is 1.92 bits per heavy atom. The van der Waals surface area contributed by atoms with Gasteiger partial charge in [-0.25, -0.2) is 18.4 Å². The van der Waals surface area contributed by atoms with Gasteiger partial charge in [0, 0.05) is 51.2 Å². The molecule has 5 heterocycles. The third-order valence-corrected chi connectivity index (χ3v) is 9.91. The Balaban J connectivity index is 1.21. The van der Waals surface area contributed by atoms with Gasteiger partial charge < -0.3 is 19.9 Å². The molecule has 2 aromatic rings. The zero-order valence-electron chi connectivity index (χ0n) is 21.9. The molecule has 2 atom stereocenters. The fourth-order valence-electron chi connectivity index (χ4n) is 6.08. The van der Waals surface area contributed by atoms with Crippen molar-refractivity contribution in [3.63, 3.8) is 0 Å². The summed E-state index contributed by atoms with van der Waals surface area (Å²) in [4.78, 5) is 27.4. The van der Waals surface area contributed by atoms with Crippen molar-refractivity contribution in [2.45, 2.75) is 38.3 Å². The second kappa shape index (κ2) is 9.53. The van der Waals surface area contributed by atoms with Crippen LogP contribution in [-0.4, -0.2) is 90.9 Å². The molecule has 4 aliphatic heterocycles. The van der Waals surface area contributed by atoms with E-state index in [0.717, 1.165) is 61.0 Å². The third kappa shape index (κ3) is 4.51. The first-order chi connectivity index (χ1) is 18.2. The molecule has 0 radical (unpaired) electrons. The van der Waals surface area contributed by atoms with Crippen LogP contribution in [0.1, 0.15) is 42.1 Å². The normalized spacial score (nSPS) is 24.9. The summed E-state index contributed by atoms with van der Waals surface area (Å²) in [6.07, 6.45) is 3.63. The van der Waals surface area contributed by atoms with Crippen molar-refractivity contribution in [3.05, 3.63) is 47.8 Å². The fraction of sp³-hybridized carbons (Fsp3) is 0.519. The van der Waals surface area contributed by atoms with E-state index in [4.69, 9.17) is 4.74 Å². The van der Waals surface area contributed by atoms with E-state index in [1.807, 2.05) is 16.7 Å². The van der Waals surface area contributed by atoms with E-state index in [0.29, 0.717) is 30.9 Å². The topological polar surface area (TPSA) is 108 Å². The average molecular weight is 539 g/mol. The van der Waals surface area contributed by atoms with Crippen LogP contribution in [-0.2, 0) is 14.6 Å². The maximum Gasteiger partial charge on any atom is 0.246 e. The third-order valence-electron chi connectivity index (χ3n) is 8.31. The van der Waals surface area contributed by atoms with Gasteiger partial charge in [-0.15, -0.1) is 0 Å². The first kappa shape index (κ1) is 25.1. The number of nitrogens with one attached hydrogen (secondary N) is 1.